The Balaban J connectivity index is 0.00000364. The maximum atomic E-state index is 13.6. The fourth-order valence-electron chi connectivity index (χ4n) is 2.31. The van der Waals surface area contributed by atoms with Gasteiger partial charge >= 0.3 is 0 Å². The predicted octanol–water partition coefficient (Wildman–Crippen LogP) is 3.75. The second-order valence-corrected chi connectivity index (χ2v) is 6.11. The summed E-state index contributed by atoms with van der Waals surface area (Å²) in [5.41, 5.74) is 1.50. The van der Waals surface area contributed by atoms with Crippen LogP contribution in [-0.2, 0) is 17.9 Å². The summed E-state index contributed by atoms with van der Waals surface area (Å²) in [5, 5.41) is 6.42. The number of guanidine groups is 1. The molecule has 5 nitrogen and oxygen atoms in total. The third-order valence-corrected chi connectivity index (χ3v) is 3.70. The Labute approximate surface area is 177 Å². The Kier molecular flexibility index (Phi) is 11.6. The van der Waals surface area contributed by atoms with Gasteiger partial charge in [-0.3, -0.25) is 4.98 Å². The van der Waals surface area contributed by atoms with Crippen LogP contribution < -0.4 is 10.6 Å². The lowest BCUT2D eigenvalue weighted by Crippen LogP contribution is -2.40. The average molecular weight is 486 g/mol. The lowest BCUT2D eigenvalue weighted by molar-refractivity contribution is 0.0931. The smallest absolute Gasteiger partial charge is 0.191 e. The van der Waals surface area contributed by atoms with Crippen molar-refractivity contribution < 1.29 is 9.13 Å². The highest BCUT2D eigenvalue weighted by Gasteiger charge is 2.06. The first-order valence-electron chi connectivity index (χ1n) is 8.92. The molecule has 2 N–H and O–H groups in total. The summed E-state index contributed by atoms with van der Waals surface area (Å²) in [6.07, 6.45) is 1.57. The van der Waals surface area contributed by atoms with E-state index in [0.29, 0.717) is 37.3 Å². The summed E-state index contributed by atoms with van der Waals surface area (Å²) in [7, 11) is 0. The molecule has 1 aromatic heterocycles. The van der Waals surface area contributed by atoms with Gasteiger partial charge in [0, 0.05) is 19.3 Å². The van der Waals surface area contributed by atoms with Crippen molar-refractivity contribution in [2.75, 3.05) is 19.7 Å². The summed E-state index contributed by atoms with van der Waals surface area (Å²) in [6, 6.07) is 13.1. The summed E-state index contributed by atoms with van der Waals surface area (Å²) >= 11 is 0. The fraction of sp³-hybridized carbons (Fsp3) is 0.400. The number of nitrogens with zero attached hydrogens (tertiary/aromatic N) is 2. The molecule has 7 heteroatoms. The van der Waals surface area contributed by atoms with Crippen molar-refractivity contribution in [2.45, 2.75) is 27.0 Å². The standard InChI is InChI=1S/C20H27FN4O.HI/c1-3-22-20(25-13-19-18(21)10-7-11-23-19)24-12-16(2)14-26-15-17-8-5-4-6-9-17;/h4-11,16H,3,12-15H2,1-2H3,(H2,22,24,25);1H. The highest BCUT2D eigenvalue weighted by atomic mass is 127. The van der Waals surface area contributed by atoms with E-state index >= 15 is 0 Å². The molecular formula is C20H28FIN4O. The average Bonchev–Trinajstić information content (AvgIpc) is 2.66. The molecule has 0 saturated heterocycles. The SMILES string of the molecule is CCNC(=NCc1ncccc1F)NCC(C)COCc1ccccc1.I. The number of halogens is 2. The topological polar surface area (TPSA) is 58.5 Å². The normalized spacial score (nSPS) is 12.2. The molecule has 1 aromatic carbocycles. The molecular weight excluding hydrogens is 458 g/mol. The lowest BCUT2D eigenvalue weighted by atomic mass is 10.2. The maximum Gasteiger partial charge on any atom is 0.191 e. The van der Waals surface area contributed by atoms with Crippen molar-refractivity contribution in [1.29, 1.82) is 0 Å². The van der Waals surface area contributed by atoms with Gasteiger partial charge < -0.3 is 15.4 Å². The Morgan fingerprint density at radius 3 is 2.67 bits per heavy atom. The zero-order valence-electron chi connectivity index (χ0n) is 15.8. The molecule has 1 heterocycles. The van der Waals surface area contributed by atoms with Gasteiger partial charge in [0.25, 0.3) is 0 Å². The fourth-order valence-corrected chi connectivity index (χ4v) is 2.31. The van der Waals surface area contributed by atoms with E-state index in [1.54, 1.807) is 12.3 Å². The molecule has 0 saturated carbocycles. The molecule has 0 spiro atoms. The first kappa shape index (κ1) is 23.3. The lowest BCUT2D eigenvalue weighted by Gasteiger charge is -2.16. The Bertz CT molecular complexity index is 685. The number of benzene rings is 1. The largest absolute Gasteiger partial charge is 0.376 e. The molecule has 148 valence electrons. The summed E-state index contributed by atoms with van der Waals surface area (Å²) in [4.78, 5) is 8.41. The number of aromatic nitrogens is 1. The molecule has 0 radical (unpaired) electrons. The van der Waals surface area contributed by atoms with Gasteiger partial charge in [0.05, 0.1) is 25.5 Å². The highest BCUT2D eigenvalue weighted by Crippen LogP contribution is 2.04. The number of ether oxygens (including phenoxy) is 1. The van der Waals surface area contributed by atoms with Crippen molar-refractivity contribution in [3.63, 3.8) is 0 Å². The molecule has 0 fully saturated rings. The van der Waals surface area contributed by atoms with Gasteiger partial charge in [-0.05, 0) is 30.5 Å². The van der Waals surface area contributed by atoms with E-state index in [1.807, 2.05) is 25.1 Å². The van der Waals surface area contributed by atoms with Gasteiger partial charge in [-0.15, -0.1) is 24.0 Å². The van der Waals surface area contributed by atoms with E-state index in [-0.39, 0.29) is 36.3 Å². The van der Waals surface area contributed by atoms with E-state index < -0.39 is 0 Å². The molecule has 1 unspecified atom stereocenters. The first-order valence-corrected chi connectivity index (χ1v) is 8.92. The molecule has 0 aliphatic heterocycles. The second-order valence-electron chi connectivity index (χ2n) is 6.11. The molecule has 0 aliphatic rings. The van der Waals surface area contributed by atoms with Crippen molar-refractivity contribution in [3.8, 4) is 0 Å². The van der Waals surface area contributed by atoms with Crippen LogP contribution in [-0.4, -0.2) is 30.6 Å². The summed E-state index contributed by atoms with van der Waals surface area (Å²) in [6.45, 7) is 7.00. The van der Waals surface area contributed by atoms with Gasteiger partial charge in [-0.25, -0.2) is 9.38 Å². The Morgan fingerprint density at radius 1 is 1.19 bits per heavy atom. The number of pyridine rings is 1. The molecule has 0 amide bonds. The van der Waals surface area contributed by atoms with Gasteiger partial charge in [0.2, 0.25) is 0 Å². The number of hydrogen-bond acceptors (Lipinski definition) is 3. The van der Waals surface area contributed by atoms with Crippen LogP contribution >= 0.6 is 24.0 Å². The van der Waals surface area contributed by atoms with Crippen LogP contribution in [0.5, 0.6) is 0 Å². The number of nitrogens with one attached hydrogen (secondary N) is 2. The molecule has 1 atom stereocenters. The Hall–Kier alpha value is -1.74. The van der Waals surface area contributed by atoms with E-state index in [1.165, 1.54) is 11.6 Å². The molecule has 2 rings (SSSR count). The van der Waals surface area contributed by atoms with E-state index in [2.05, 4.69) is 39.7 Å². The molecule has 0 bridgehead atoms. The summed E-state index contributed by atoms with van der Waals surface area (Å²) in [5.74, 6) is 0.622. The van der Waals surface area contributed by atoms with Crippen LogP contribution in [0.2, 0.25) is 0 Å². The third-order valence-electron chi connectivity index (χ3n) is 3.70. The van der Waals surface area contributed by atoms with Gasteiger partial charge in [-0.1, -0.05) is 37.3 Å². The number of aliphatic imine (C=N–C) groups is 1. The van der Waals surface area contributed by atoms with Gasteiger partial charge in [0.15, 0.2) is 5.96 Å². The number of hydrogen-bond donors (Lipinski definition) is 2. The van der Waals surface area contributed by atoms with Crippen LogP contribution in [0.4, 0.5) is 4.39 Å². The van der Waals surface area contributed by atoms with E-state index in [4.69, 9.17) is 4.74 Å². The quantitative estimate of drug-likeness (QED) is 0.322. The predicted molar refractivity (Wildman–Crippen MR) is 118 cm³/mol. The minimum Gasteiger partial charge on any atom is -0.376 e. The molecule has 27 heavy (non-hydrogen) atoms. The molecule has 2 aromatic rings. The van der Waals surface area contributed by atoms with Crippen molar-refractivity contribution >= 4 is 29.9 Å². The van der Waals surface area contributed by atoms with Gasteiger partial charge in [-0.2, -0.15) is 0 Å². The van der Waals surface area contributed by atoms with Crippen LogP contribution in [0.15, 0.2) is 53.7 Å². The minimum absolute atomic E-state index is 0. The van der Waals surface area contributed by atoms with Crippen LogP contribution in [0.3, 0.4) is 0 Å². The highest BCUT2D eigenvalue weighted by molar-refractivity contribution is 14.0. The van der Waals surface area contributed by atoms with Crippen molar-refractivity contribution in [1.82, 2.24) is 15.6 Å². The van der Waals surface area contributed by atoms with Crippen molar-refractivity contribution in [3.05, 3.63) is 65.7 Å². The van der Waals surface area contributed by atoms with Crippen LogP contribution in [0, 0.1) is 11.7 Å². The van der Waals surface area contributed by atoms with E-state index in [0.717, 1.165) is 6.54 Å². The van der Waals surface area contributed by atoms with Gasteiger partial charge in [0.1, 0.15) is 5.82 Å². The number of rotatable bonds is 9. The zero-order valence-corrected chi connectivity index (χ0v) is 18.2. The maximum absolute atomic E-state index is 13.6. The first-order chi connectivity index (χ1) is 12.7. The van der Waals surface area contributed by atoms with Crippen molar-refractivity contribution in [2.24, 2.45) is 10.9 Å². The third kappa shape index (κ3) is 9.14. The zero-order chi connectivity index (χ0) is 18.6. The minimum atomic E-state index is -0.338. The van der Waals surface area contributed by atoms with Crippen LogP contribution in [0.1, 0.15) is 25.1 Å². The second kappa shape index (κ2) is 13.4. The summed E-state index contributed by atoms with van der Waals surface area (Å²) < 4.78 is 19.4. The Morgan fingerprint density at radius 2 is 1.96 bits per heavy atom. The van der Waals surface area contributed by atoms with E-state index in [9.17, 15) is 4.39 Å². The van der Waals surface area contributed by atoms with Crippen LogP contribution in [0.25, 0.3) is 0 Å². The monoisotopic (exact) mass is 486 g/mol. The molecule has 0 aliphatic carbocycles.